The first kappa shape index (κ1) is 21.4. The minimum absolute atomic E-state index is 0.0208. The topological polar surface area (TPSA) is 98.7 Å². The molecular formula is C22H26ClN5O3. The second-order valence-electron chi connectivity index (χ2n) is 8.10. The van der Waals surface area contributed by atoms with Crippen LogP contribution in [-0.2, 0) is 11.2 Å². The van der Waals surface area contributed by atoms with Crippen molar-refractivity contribution in [1.82, 2.24) is 20.2 Å². The molecule has 9 heteroatoms. The zero-order valence-electron chi connectivity index (χ0n) is 17.4. The van der Waals surface area contributed by atoms with Crippen LogP contribution in [0.25, 0.3) is 0 Å². The molecule has 1 aliphatic carbocycles. The second kappa shape index (κ2) is 9.09. The third-order valence-electron chi connectivity index (χ3n) is 6.17. The van der Waals surface area contributed by atoms with Crippen molar-refractivity contribution in [3.63, 3.8) is 0 Å². The van der Waals surface area contributed by atoms with Crippen molar-refractivity contribution >= 4 is 29.4 Å². The van der Waals surface area contributed by atoms with Crippen LogP contribution < -0.4 is 10.2 Å². The summed E-state index contributed by atoms with van der Waals surface area (Å²) in [5.41, 5.74) is 3.12. The van der Waals surface area contributed by atoms with Crippen LogP contribution in [0.15, 0.2) is 30.6 Å². The number of anilines is 1. The van der Waals surface area contributed by atoms with Gasteiger partial charge >= 0.3 is 6.09 Å². The molecular weight excluding hydrogens is 418 g/mol. The quantitative estimate of drug-likeness (QED) is 0.737. The van der Waals surface area contributed by atoms with Gasteiger partial charge in [0.25, 0.3) is 0 Å². The molecule has 2 atom stereocenters. The molecule has 1 fully saturated rings. The number of carbonyl (C=O) groups is 2. The van der Waals surface area contributed by atoms with E-state index in [1.165, 1.54) is 5.56 Å². The van der Waals surface area contributed by atoms with E-state index in [-0.39, 0.29) is 12.5 Å². The number of hydrogen-bond acceptors (Lipinski definition) is 5. The fourth-order valence-electron chi connectivity index (χ4n) is 4.47. The maximum atomic E-state index is 13.3. The molecule has 1 aromatic heterocycles. The minimum Gasteiger partial charge on any atom is -0.465 e. The average Bonchev–Trinajstić information content (AvgIpc) is 3.16. The summed E-state index contributed by atoms with van der Waals surface area (Å²) in [7, 11) is 0. The molecule has 1 saturated heterocycles. The number of nitrogens with one attached hydrogen (secondary N) is 1. The number of rotatable bonds is 5. The molecule has 0 bridgehead atoms. The van der Waals surface area contributed by atoms with Crippen LogP contribution in [0.1, 0.15) is 42.0 Å². The summed E-state index contributed by atoms with van der Waals surface area (Å²) in [5.74, 6) is 0.756. The number of halogens is 1. The summed E-state index contributed by atoms with van der Waals surface area (Å²) in [6.45, 7) is 4.72. The molecule has 0 unspecified atom stereocenters. The lowest BCUT2D eigenvalue weighted by molar-refractivity contribution is -0.133. The molecule has 2 aliphatic rings. The molecule has 164 valence electrons. The Morgan fingerprint density at radius 2 is 1.90 bits per heavy atom. The zero-order chi connectivity index (χ0) is 22.0. The zero-order valence-corrected chi connectivity index (χ0v) is 18.2. The van der Waals surface area contributed by atoms with E-state index in [9.17, 15) is 9.59 Å². The van der Waals surface area contributed by atoms with Crippen molar-refractivity contribution in [2.75, 3.05) is 37.6 Å². The number of fused-ring (bicyclic) bond motifs is 1. The van der Waals surface area contributed by atoms with Gasteiger partial charge < -0.3 is 20.2 Å². The van der Waals surface area contributed by atoms with E-state index in [0.29, 0.717) is 37.1 Å². The Hall–Kier alpha value is -2.87. The monoisotopic (exact) mass is 443 g/mol. The Balaban J connectivity index is 1.46. The highest BCUT2D eigenvalue weighted by atomic mass is 35.5. The summed E-state index contributed by atoms with van der Waals surface area (Å²) < 4.78 is 0. The van der Waals surface area contributed by atoms with Gasteiger partial charge in [0.15, 0.2) is 0 Å². The maximum absolute atomic E-state index is 13.3. The lowest BCUT2D eigenvalue weighted by Gasteiger charge is -2.38. The molecule has 2 aromatic rings. The molecule has 0 radical (unpaired) electrons. The molecule has 2 amide bonds. The van der Waals surface area contributed by atoms with E-state index in [1.54, 1.807) is 30.6 Å². The van der Waals surface area contributed by atoms with Gasteiger partial charge in [0.2, 0.25) is 5.91 Å². The third kappa shape index (κ3) is 4.58. The van der Waals surface area contributed by atoms with Crippen LogP contribution in [0.3, 0.4) is 0 Å². The van der Waals surface area contributed by atoms with Gasteiger partial charge in [-0.2, -0.15) is 0 Å². The number of benzene rings is 1. The van der Waals surface area contributed by atoms with Crippen molar-refractivity contribution in [3.05, 3.63) is 52.4 Å². The van der Waals surface area contributed by atoms with E-state index in [1.807, 2.05) is 4.90 Å². The standard InChI is InChI=1S/C22H26ClN5O3/c1-14-2-7-18-19(14)20(26-13-25-18)27-8-10-28(11-9-27)21(29)17(12-24-22(30)31)15-3-5-16(23)6-4-15/h3-6,13-14,17,24H,2,7-12H2,1H3,(H,30,31)/t14-,17+/m1/s1. The van der Waals surface area contributed by atoms with Gasteiger partial charge in [0, 0.05) is 49.0 Å². The van der Waals surface area contributed by atoms with Gasteiger partial charge in [0.05, 0.1) is 5.92 Å². The Morgan fingerprint density at radius 3 is 2.58 bits per heavy atom. The van der Waals surface area contributed by atoms with Gasteiger partial charge in [-0.3, -0.25) is 4.79 Å². The summed E-state index contributed by atoms with van der Waals surface area (Å²) >= 11 is 5.98. The smallest absolute Gasteiger partial charge is 0.404 e. The van der Waals surface area contributed by atoms with Crippen LogP contribution in [-0.4, -0.2) is 64.7 Å². The van der Waals surface area contributed by atoms with Crippen LogP contribution in [0.4, 0.5) is 10.6 Å². The molecule has 0 spiro atoms. The first-order valence-electron chi connectivity index (χ1n) is 10.5. The van der Waals surface area contributed by atoms with Gasteiger partial charge in [-0.05, 0) is 36.5 Å². The summed E-state index contributed by atoms with van der Waals surface area (Å²) in [6.07, 6.45) is 2.57. The van der Waals surface area contributed by atoms with E-state index in [2.05, 4.69) is 27.1 Å². The van der Waals surface area contributed by atoms with Crippen molar-refractivity contribution < 1.29 is 14.7 Å². The molecule has 2 heterocycles. The van der Waals surface area contributed by atoms with Crippen molar-refractivity contribution in [2.45, 2.75) is 31.6 Å². The number of nitrogens with zero attached hydrogens (tertiary/aromatic N) is 4. The summed E-state index contributed by atoms with van der Waals surface area (Å²) in [4.78, 5) is 37.4. The second-order valence-corrected chi connectivity index (χ2v) is 8.54. The molecule has 1 aromatic carbocycles. The number of amides is 2. The normalized spacial score (nSPS) is 19.1. The van der Waals surface area contributed by atoms with Gasteiger partial charge in [-0.25, -0.2) is 14.8 Å². The first-order chi connectivity index (χ1) is 14.9. The van der Waals surface area contributed by atoms with Crippen molar-refractivity contribution in [1.29, 1.82) is 0 Å². The number of carboxylic acid groups (broad SMARTS) is 1. The lowest BCUT2D eigenvalue weighted by Crippen LogP contribution is -2.51. The molecule has 4 rings (SSSR count). The van der Waals surface area contributed by atoms with E-state index < -0.39 is 12.0 Å². The lowest BCUT2D eigenvalue weighted by atomic mass is 9.97. The number of hydrogen-bond donors (Lipinski definition) is 2. The Labute approximate surface area is 186 Å². The van der Waals surface area contributed by atoms with E-state index in [0.717, 1.165) is 29.9 Å². The molecule has 0 saturated carbocycles. The Bertz CT molecular complexity index is 960. The predicted octanol–water partition coefficient (Wildman–Crippen LogP) is 2.88. The van der Waals surface area contributed by atoms with E-state index in [4.69, 9.17) is 16.7 Å². The summed E-state index contributed by atoms with van der Waals surface area (Å²) in [5, 5.41) is 12.0. The fourth-order valence-corrected chi connectivity index (χ4v) is 4.59. The van der Waals surface area contributed by atoms with Crippen molar-refractivity contribution in [3.8, 4) is 0 Å². The Morgan fingerprint density at radius 1 is 1.19 bits per heavy atom. The van der Waals surface area contributed by atoms with Crippen LogP contribution in [0, 0.1) is 0 Å². The van der Waals surface area contributed by atoms with Gasteiger partial charge in [-0.15, -0.1) is 0 Å². The maximum Gasteiger partial charge on any atom is 0.404 e. The largest absolute Gasteiger partial charge is 0.465 e. The van der Waals surface area contributed by atoms with Crippen LogP contribution in [0.2, 0.25) is 5.02 Å². The average molecular weight is 444 g/mol. The highest BCUT2D eigenvalue weighted by Gasteiger charge is 2.32. The highest BCUT2D eigenvalue weighted by molar-refractivity contribution is 6.30. The number of aryl methyl sites for hydroxylation is 1. The van der Waals surface area contributed by atoms with Crippen LogP contribution in [0.5, 0.6) is 0 Å². The SMILES string of the molecule is C[C@@H]1CCc2ncnc(N3CCN(C(=O)[C@@H](CNC(=O)O)c4ccc(Cl)cc4)CC3)c21. The molecule has 2 N–H and O–H groups in total. The summed E-state index contributed by atoms with van der Waals surface area (Å²) in [6, 6.07) is 6.98. The fraction of sp³-hybridized carbons (Fsp3) is 0.455. The highest BCUT2D eigenvalue weighted by Crippen LogP contribution is 2.37. The predicted molar refractivity (Wildman–Crippen MR) is 118 cm³/mol. The minimum atomic E-state index is -1.15. The van der Waals surface area contributed by atoms with Gasteiger partial charge in [0.1, 0.15) is 12.1 Å². The van der Waals surface area contributed by atoms with Crippen LogP contribution >= 0.6 is 11.6 Å². The van der Waals surface area contributed by atoms with E-state index >= 15 is 0 Å². The molecule has 31 heavy (non-hydrogen) atoms. The first-order valence-corrected chi connectivity index (χ1v) is 10.9. The van der Waals surface area contributed by atoms with Crippen molar-refractivity contribution in [2.24, 2.45) is 0 Å². The number of piperazine rings is 1. The third-order valence-corrected chi connectivity index (χ3v) is 6.42. The van der Waals surface area contributed by atoms with Gasteiger partial charge in [-0.1, -0.05) is 30.7 Å². The Kier molecular flexibility index (Phi) is 6.27. The number of carbonyl (C=O) groups excluding carboxylic acids is 1. The number of aromatic nitrogens is 2. The molecule has 1 aliphatic heterocycles. The molecule has 8 nitrogen and oxygen atoms in total.